The molecule has 3 aromatic rings. The van der Waals surface area contributed by atoms with Gasteiger partial charge in [-0.1, -0.05) is 23.2 Å². The molecule has 6 nitrogen and oxygen atoms in total. The largest absolute Gasteiger partial charge is 0.455 e. The van der Waals surface area contributed by atoms with Crippen LogP contribution >= 0.6 is 23.2 Å². The van der Waals surface area contributed by atoms with Crippen LogP contribution in [0.4, 0.5) is 5.69 Å². The number of aromatic nitrogens is 2. The van der Waals surface area contributed by atoms with E-state index in [1.165, 1.54) is 6.20 Å². The summed E-state index contributed by atoms with van der Waals surface area (Å²) in [6.07, 6.45) is 1.37. The Bertz CT molecular complexity index is 930. The number of aromatic amines is 1. The van der Waals surface area contributed by atoms with Crippen LogP contribution in [0.3, 0.4) is 0 Å². The van der Waals surface area contributed by atoms with E-state index in [9.17, 15) is 4.79 Å². The predicted molar refractivity (Wildman–Crippen MR) is 86.9 cm³/mol. The molecule has 8 heteroatoms. The molecule has 0 saturated heterocycles. The van der Waals surface area contributed by atoms with Crippen LogP contribution in [0.5, 0.6) is 0 Å². The van der Waals surface area contributed by atoms with Crippen molar-refractivity contribution in [3.63, 3.8) is 0 Å². The topological polar surface area (TPSA) is 83.3 Å². The molecule has 0 aliphatic heterocycles. The Hall–Kier alpha value is -2.31. The molecule has 112 valence electrons. The molecular formula is C14H10Cl2N4O2. The van der Waals surface area contributed by atoms with Crippen molar-refractivity contribution in [1.82, 2.24) is 10.2 Å². The number of fused-ring (bicyclic) bond motifs is 1. The maximum atomic E-state index is 11.3. The molecule has 22 heavy (non-hydrogen) atoms. The molecule has 0 fully saturated rings. The second kappa shape index (κ2) is 5.82. The van der Waals surface area contributed by atoms with Gasteiger partial charge in [0.15, 0.2) is 5.76 Å². The van der Waals surface area contributed by atoms with E-state index in [1.807, 2.05) is 12.1 Å². The smallest absolute Gasteiger partial charge is 0.285 e. The fourth-order valence-electron chi connectivity index (χ4n) is 1.85. The average molecular weight is 337 g/mol. The Labute approximate surface area is 134 Å². The summed E-state index contributed by atoms with van der Waals surface area (Å²) < 4.78 is 5.68. The average Bonchev–Trinajstić information content (AvgIpc) is 2.91. The monoisotopic (exact) mass is 336 g/mol. The van der Waals surface area contributed by atoms with E-state index in [0.29, 0.717) is 27.8 Å². The minimum absolute atomic E-state index is 0.0112. The zero-order chi connectivity index (χ0) is 15.7. The maximum absolute atomic E-state index is 11.3. The van der Waals surface area contributed by atoms with Gasteiger partial charge in [-0.3, -0.25) is 10.2 Å². The number of hydrazone groups is 1. The van der Waals surface area contributed by atoms with Crippen LogP contribution in [0.25, 0.3) is 11.0 Å². The molecule has 0 unspecified atom stereocenters. The third-order valence-corrected chi connectivity index (χ3v) is 3.58. The summed E-state index contributed by atoms with van der Waals surface area (Å²) in [5.41, 5.74) is 3.82. The van der Waals surface area contributed by atoms with Gasteiger partial charge in [0.25, 0.3) is 5.56 Å². The van der Waals surface area contributed by atoms with Gasteiger partial charge < -0.3 is 4.42 Å². The molecule has 0 bridgehead atoms. The van der Waals surface area contributed by atoms with Gasteiger partial charge >= 0.3 is 0 Å². The molecule has 2 aromatic heterocycles. The normalized spacial score (nSPS) is 11.9. The number of hydrogen-bond donors (Lipinski definition) is 2. The molecular weight excluding hydrogens is 327 g/mol. The highest BCUT2D eigenvalue weighted by atomic mass is 35.5. The first kappa shape index (κ1) is 14.6. The first-order chi connectivity index (χ1) is 10.5. The lowest BCUT2D eigenvalue weighted by molar-refractivity contribution is 0.604. The third-order valence-electron chi connectivity index (χ3n) is 2.97. The van der Waals surface area contributed by atoms with Gasteiger partial charge in [0.1, 0.15) is 22.0 Å². The highest BCUT2D eigenvalue weighted by molar-refractivity contribution is 6.33. The summed E-state index contributed by atoms with van der Waals surface area (Å²) in [5, 5.41) is 11.5. The van der Waals surface area contributed by atoms with Crippen LogP contribution in [-0.4, -0.2) is 15.9 Å². The molecule has 0 amide bonds. The molecule has 2 N–H and O–H groups in total. The number of H-pyrrole nitrogens is 1. The van der Waals surface area contributed by atoms with Gasteiger partial charge in [0.05, 0.1) is 6.20 Å². The van der Waals surface area contributed by atoms with Crippen LogP contribution in [-0.2, 0) is 0 Å². The molecule has 0 spiro atoms. The molecule has 0 saturated carbocycles. The minimum atomic E-state index is -0.488. The second-order valence-electron chi connectivity index (χ2n) is 4.53. The van der Waals surface area contributed by atoms with Crippen molar-refractivity contribution in [2.45, 2.75) is 6.92 Å². The molecule has 0 aliphatic carbocycles. The molecule has 3 rings (SSSR count). The Morgan fingerprint density at radius 2 is 2.18 bits per heavy atom. The van der Waals surface area contributed by atoms with E-state index in [-0.39, 0.29) is 5.02 Å². The van der Waals surface area contributed by atoms with Crippen molar-refractivity contribution >= 4 is 45.6 Å². The first-order valence-corrected chi connectivity index (χ1v) is 7.03. The van der Waals surface area contributed by atoms with Crippen molar-refractivity contribution in [1.29, 1.82) is 0 Å². The Morgan fingerprint density at radius 1 is 1.36 bits per heavy atom. The van der Waals surface area contributed by atoms with Crippen molar-refractivity contribution in [2.24, 2.45) is 5.10 Å². The van der Waals surface area contributed by atoms with E-state index in [2.05, 4.69) is 20.7 Å². The van der Waals surface area contributed by atoms with Crippen molar-refractivity contribution in [2.75, 3.05) is 5.43 Å². The van der Waals surface area contributed by atoms with E-state index in [4.69, 9.17) is 27.6 Å². The van der Waals surface area contributed by atoms with E-state index in [0.717, 1.165) is 5.39 Å². The van der Waals surface area contributed by atoms with Gasteiger partial charge in [0, 0.05) is 10.4 Å². The second-order valence-corrected chi connectivity index (χ2v) is 5.34. The summed E-state index contributed by atoms with van der Waals surface area (Å²) in [5.74, 6) is 0.582. The van der Waals surface area contributed by atoms with Crippen LogP contribution in [0.15, 0.2) is 44.8 Å². The van der Waals surface area contributed by atoms with E-state index >= 15 is 0 Å². The van der Waals surface area contributed by atoms with Crippen LogP contribution in [0.2, 0.25) is 10.0 Å². The van der Waals surface area contributed by atoms with Crippen LogP contribution in [0, 0.1) is 0 Å². The fourth-order valence-corrected chi connectivity index (χ4v) is 2.17. The first-order valence-electron chi connectivity index (χ1n) is 6.27. The lowest BCUT2D eigenvalue weighted by Crippen LogP contribution is -2.10. The van der Waals surface area contributed by atoms with Crippen molar-refractivity contribution in [3.8, 4) is 0 Å². The molecule has 0 aliphatic rings. The van der Waals surface area contributed by atoms with Gasteiger partial charge in [-0.25, -0.2) is 5.10 Å². The quantitative estimate of drug-likeness (QED) is 0.564. The zero-order valence-corrected chi connectivity index (χ0v) is 12.9. The maximum Gasteiger partial charge on any atom is 0.285 e. The Kier molecular flexibility index (Phi) is 3.87. The van der Waals surface area contributed by atoms with Crippen LogP contribution in [0.1, 0.15) is 12.7 Å². The molecule has 2 heterocycles. The van der Waals surface area contributed by atoms with E-state index in [1.54, 1.807) is 19.1 Å². The number of halogens is 2. The lowest BCUT2D eigenvalue weighted by atomic mass is 10.2. The summed E-state index contributed by atoms with van der Waals surface area (Å²) in [7, 11) is 0. The van der Waals surface area contributed by atoms with Crippen molar-refractivity contribution in [3.05, 3.63) is 56.6 Å². The fraction of sp³-hybridized carbons (Fsp3) is 0.0714. The van der Waals surface area contributed by atoms with E-state index < -0.39 is 5.56 Å². The summed E-state index contributed by atoms with van der Waals surface area (Å²) >= 11 is 11.8. The van der Waals surface area contributed by atoms with Gasteiger partial charge in [-0.15, -0.1) is 0 Å². The summed E-state index contributed by atoms with van der Waals surface area (Å²) in [6, 6.07) is 7.19. The Balaban J connectivity index is 1.89. The summed E-state index contributed by atoms with van der Waals surface area (Å²) in [6.45, 7) is 1.76. The number of benzene rings is 1. The van der Waals surface area contributed by atoms with Gasteiger partial charge in [-0.2, -0.15) is 10.2 Å². The van der Waals surface area contributed by atoms with Gasteiger partial charge in [0.2, 0.25) is 0 Å². The number of hydrogen-bond acceptors (Lipinski definition) is 5. The summed E-state index contributed by atoms with van der Waals surface area (Å²) in [4.78, 5) is 11.3. The number of furan rings is 1. The number of anilines is 1. The highest BCUT2D eigenvalue weighted by Gasteiger charge is 2.08. The van der Waals surface area contributed by atoms with Crippen LogP contribution < -0.4 is 11.0 Å². The number of nitrogens with one attached hydrogen (secondary N) is 2. The highest BCUT2D eigenvalue weighted by Crippen LogP contribution is 2.23. The standard InChI is InChI=1S/C14H10Cl2N4O2/c1-7(18-19-10-6-17-20-14(21)13(10)16)12-5-8-4-9(15)2-3-11(8)22-12/h2-6H,1H3,(H2,19,20,21)/b18-7+. The van der Waals surface area contributed by atoms with Gasteiger partial charge in [-0.05, 0) is 31.2 Å². The molecule has 0 atom stereocenters. The number of nitrogens with zero attached hydrogens (tertiary/aromatic N) is 2. The zero-order valence-electron chi connectivity index (χ0n) is 11.4. The molecule has 1 aromatic carbocycles. The predicted octanol–water partition coefficient (Wildman–Crippen LogP) is 3.66. The number of rotatable bonds is 3. The lowest BCUT2D eigenvalue weighted by Gasteiger charge is -2.02. The SMILES string of the molecule is C/C(=N\Nc1cn[nH]c(=O)c1Cl)c1cc2cc(Cl)ccc2o1. The third kappa shape index (κ3) is 2.84. The van der Waals surface area contributed by atoms with Crippen molar-refractivity contribution < 1.29 is 4.42 Å². The minimum Gasteiger partial charge on any atom is -0.455 e. The Morgan fingerprint density at radius 3 is 3.00 bits per heavy atom. The molecule has 0 radical (unpaired) electrons.